The molecule has 0 aliphatic heterocycles. The van der Waals surface area contributed by atoms with Crippen molar-refractivity contribution in [3.63, 3.8) is 0 Å². The van der Waals surface area contributed by atoms with Crippen LogP contribution in [0.3, 0.4) is 0 Å². The Balaban J connectivity index is 2.41. The number of hydrogen-bond donors (Lipinski definition) is 2. The van der Waals surface area contributed by atoms with Crippen molar-refractivity contribution in [2.45, 2.75) is 38.8 Å². The molecule has 0 atom stereocenters. The zero-order valence-electron chi connectivity index (χ0n) is 12.2. The minimum absolute atomic E-state index is 0.0443. The standard InChI is InChI=1S/C12H22N2O6S/c1-9(2)20-5-6-21(18,19)13-7-11(15)14(8-12(16)17)10-3-4-10/h9-10,13H,3-8H2,1-2H3,(H,16,17). The molecule has 1 aliphatic rings. The lowest BCUT2D eigenvalue weighted by molar-refractivity contribution is -0.144. The van der Waals surface area contributed by atoms with E-state index in [1.165, 1.54) is 4.90 Å². The maximum absolute atomic E-state index is 11.9. The number of rotatable bonds is 10. The average molecular weight is 322 g/mol. The van der Waals surface area contributed by atoms with E-state index >= 15 is 0 Å². The first-order valence-corrected chi connectivity index (χ1v) is 8.46. The molecule has 0 bridgehead atoms. The third-order valence-corrected chi connectivity index (χ3v) is 4.15. The van der Waals surface area contributed by atoms with Gasteiger partial charge in [-0.15, -0.1) is 0 Å². The molecule has 0 aromatic heterocycles. The number of aliphatic carboxylic acids is 1. The van der Waals surface area contributed by atoms with Gasteiger partial charge in [0, 0.05) is 6.04 Å². The zero-order chi connectivity index (χ0) is 16.0. The molecule has 8 nitrogen and oxygen atoms in total. The van der Waals surface area contributed by atoms with E-state index < -0.39 is 35.0 Å². The monoisotopic (exact) mass is 322 g/mol. The molecule has 1 saturated carbocycles. The summed E-state index contributed by atoms with van der Waals surface area (Å²) in [5.41, 5.74) is 0. The first-order chi connectivity index (χ1) is 9.71. The Morgan fingerprint density at radius 2 is 2.00 bits per heavy atom. The number of carboxylic acid groups (broad SMARTS) is 1. The van der Waals surface area contributed by atoms with E-state index in [9.17, 15) is 18.0 Å². The highest BCUT2D eigenvalue weighted by Crippen LogP contribution is 2.26. The summed E-state index contributed by atoms with van der Waals surface area (Å²) in [7, 11) is -3.61. The van der Waals surface area contributed by atoms with Gasteiger partial charge in [-0.25, -0.2) is 13.1 Å². The van der Waals surface area contributed by atoms with Crippen molar-refractivity contribution >= 4 is 21.9 Å². The fourth-order valence-corrected chi connectivity index (χ4v) is 2.50. The molecule has 21 heavy (non-hydrogen) atoms. The van der Waals surface area contributed by atoms with Crippen molar-refractivity contribution in [1.82, 2.24) is 9.62 Å². The fraction of sp³-hybridized carbons (Fsp3) is 0.833. The van der Waals surface area contributed by atoms with E-state index in [1.54, 1.807) is 13.8 Å². The second-order valence-electron chi connectivity index (χ2n) is 5.21. The quantitative estimate of drug-likeness (QED) is 0.556. The van der Waals surface area contributed by atoms with Gasteiger partial charge < -0.3 is 14.7 Å². The third-order valence-electron chi connectivity index (χ3n) is 2.86. The first-order valence-electron chi connectivity index (χ1n) is 6.81. The Morgan fingerprint density at radius 1 is 1.38 bits per heavy atom. The van der Waals surface area contributed by atoms with E-state index in [2.05, 4.69) is 4.72 Å². The van der Waals surface area contributed by atoms with Gasteiger partial charge in [-0.2, -0.15) is 0 Å². The maximum atomic E-state index is 11.9. The highest BCUT2D eigenvalue weighted by atomic mass is 32.2. The van der Waals surface area contributed by atoms with Crippen molar-refractivity contribution in [2.75, 3.05) is 25.4 Å². The molecule has 2 N–H and O–H groups in total. The molecule has 0 radical (unpaired) electrons. The number of carboxylic acids is 1. The lowest BCUT2D eigenvalue weighted by Gasteiger charge is -2.20. The normalized spacial score (nSPS) is 15.2. The Hall–Kier alpha value is -1.19. The van der Waals surface area contributed by atoms with Crippen LogP contribution < -0.4 is 4.72 Å². The van der Waals surface area contributed by atoms with Gasteiger partial charge in [-0.05, 0) is 26.7 Å². The number of hydrogen-bond acceptors (Lipinski definition) is 5. The molecule has 1 aliphatic carbocycles. The topological polar surface area (TPSA) is 113 Å². The van der Waals surface area contributed by atoms with Crippen LogP contribution in [0.5, 0.6) is 0 Å². The van der Waals surface area contributed by atoms with Crippen LogP contribution in [-0.4, -0.2) is 67.9 Å². The van der Waals surface area contributed by atoms with Crippen molar-refractivity contribution in [1.29, 1.82) is 0 Å². The molecule has 1 fully saturated rings. The Kier molecular flexibility index (Phi) is 6.56. The molecule has 0 heterocycles. The van der Waals surface area contributed by atoms with E-state index in [0.717, 1.165) is 12.8 Å². The highest BCUT2D eigenvalue weighted by Gasteiger charge is 2.33. The zero-order valence-corrected chi connectivity index (χ0v) is 13.1. The van der Waals surface area contributed by atoms with Crippen LogP contribution in [0.25, 0.3) is 0 Å². The number of sulfonamides is 1. The van der Waals surface area contributed by atoms with Crippen LogP contribution in [0.4, 0.5) is 0 Å². The van der Waals surface area contributed by atoms with Gasteiger partial charge in [-0.3, -0.25) is 9.59 Å². The Labute approximate surface area is 124 Å². The second kappa shape index (κ2) is 7.71. The average Bonchev–Trinajstić information content (AvgIpc) is 3.16. The molecule has 9 heteroatoms. The van der Waals surface area contributed by atoms with Crippen molar-refractivity contribution in [2.24, 2.45) is 0 Å². The Morgan fingerprint density at radius 3 is 2.48 bits per heavy atom. The molecule has 0 saturated heterocycles. The lowest BCUT2D eigenvalue weighted by atomic mass is 10.4. The van der Waals surface area contributed by atoms with E-state index in [-0.39, 0.29) is 24.5 Å². The van der Waals surface area contributed by atoms with Gasteiger partial charge in [0.05, 0.1) is 25.0 Å². The second-order valence-corrected chi connectivity index (χ2v) is 7.13. The van der Waals surface area contributed by atoms with Gasteiger partial charge in [0.1, 0.15) is 6.54 Å². The predicted octanol–water partition coefficient (Wildman–Crippen LogP) is -0.594. The van der Waals surface area contributed by atoms with Gasteiger partial charge in [0.2, 0.25) is 15.9 Å². The number of carbonyl (C=O) groups is 2. The summed E-state index contributed by atoms with van der Waals surface area (Å²) in [6, 6.07) is -0.0811. The van der Waals surface area contributed by atoms with Gasteiger partial charge in [-0.1, -0.05) is 0 Å². The first kappa shape index (κ1) is 17.9. The number of amides is 1. The summed E-state index contributed by atoms with van der Waals surface area (Å²) < 4.78 is 30.7. The summed E-state index contributed by atoms with van der Waals surface area (Å²) in [6.07, 6.45) is 1.45. The molecule has 0 aromatic rings. The molecular weight excluding hydrogens is 300 g/mol. The summed E-state index contributed by atoms with van der Waals surface area (Å²) in [5, 5.41) is 8.76. The number of carbonyl (C=O) groups excluding carboxylic acids is 1. The summed E-state index contributed by atoms with van der Waals surface area (Å²) in [4.78, 5) is 23.8. The lowest BCUT2D eigenvalue weighted by Crippen LogP contribution is -2.44. The molecule has 1 rings (SSSR count). The summed E-state index contributed by atoms with van der Waals surface area (Å²) in [5.74, 6) is -1.86. The van der Waals surface area contributed by atoms with Gasteiger partial charge in [0.25, 0.3) is 0 Å². The van der Waals surface area contributed by atoms with Gasteiger partial charge in [0.15, 0.2) is 0 Å². The molecule has 0 aromatic carbocycles. The summed E-state index contributed by atoms with van der Waals surface area (Å²) in [6.45, 7) is 2.81. The van der Waals surface area contributed by atoms with Crippen LogP contribution in [0.15, 0.2) is 0 Å². The SMILES string of the molecule is CC(C)OCCS(=O)(=O)NCC(=O)N(CC(=O)O)C1CC1. The van der Waals surface area contributed by atoms with E-state index in [0.29, 0.717) is 0 Å². The third kappa shape index (κ3) is 7.39. The minimum Gasteiger partial charge on any atom is -0.480 e. The van der Waals surface area contributed by atoms with E-state index in [4.69, 9.17) is 9.84 Å². The number of nitrogens with one attached hydrogen (secondary N) is 1. The van der Waals surface area contributed by atoms with Crippen molar-refractivity contribution < 1.29 is 27.9 Å². The van der Waals surface area contributed by atoms with Crippen LogP contribution in [-0.2, 0) is 24.3 Å². The molecule has 1 amide bonds. The van der Waals surface area contributed by atoms with Crippen molar-refractivity contribution in [3.05, 3.63) is 0 Å². The summed E-state index contributed by atoms with van der Waals surface area (Å²) >= 11 is 0. The predicted molar refractivity (Wildman–Crippen MR) is 75.2 cm³/mol. The number of nitrogens with zero attached hydrogens (tertiary/aromatic N) is 1. The molecular formula is C12H22N2O6S. The van der Waals surface area contributed by atoms with Crippen LogP contribution >= 0.6 is 0 Å². The van der Waals surface area contributed by atoms with E-state index in [1.807, 2.05) is 0 Å². The van der Waals surface area contributed by atoms with Crippen LogP contribution in [0.2, 0.25) is 0 Å². The minimum atomic E-state index is -3.61. The highest BCUT2D eigenvalue weighted by molar-refractivity contribution is 7.89. The molecule has 0 unspecified atom stereocenters. The molecule has 0 spiro atoms. The maximum Gasteiger partial charge on any atom is 0.323 e. The smallest absolute Gasteiger partial charge is 0.323 e. The Bertz CT molecular complexity index is 472. The molecule has 122 valence electrons. The van der Waals surface area contributed by atoms with Crippen molar-refractivity contribution in [3.8, 4) is 0 Å². The fourth-order valence-electron chi connectivity index (χ4n) is 1.69. The largest absolute Gasteiger partial charge is 0.480 e. The van der Waals surface area contributed by atoms with Crippen LogP contribution in [0.1, 0.15) is 26.7 Å². The van der Waals surface area contributed by atoms with Gasteiger partial charge >= 0.3 is 5.97 Å². The van der Waals surface area contributed by atoms with Crippen LogP contribution in [0, 0.1) is 0 Å². The number of ether oxygens (including phenoxy) is 1.